The molecule has 0 bridgehead atoms. The van der Waals surface area contributed by atoms with E-state index in [1.165, 1.54) is 11.8 Å². The van der Waals surface area contributed by atoms with Crippen molar-refractivity contribution < 1.29 is 9.47 Å². The fourth-order valence-corrected chi connectivity index (χ4v) is 3.52. The molecule has 7 nitrogen and oxygen atoms in total. The molecular weight excluding hydrogens is 386 g/mol. The lowest BCUT2D eigenvalue weighted by Crippen LogP contribution is -2.04. The number of nitrogen functional groups attached to an aromatic ring is 1. The first-order valence-electron chi connectivity index (χ1n) is 8.61. The Morgan fingerprint density at radius 2 is 1.83 bits per heavy atom. The summed E-state index contributed by atoms with van der Waals surface area (Å²) in [5, 5.41) is 19.9. The summed E-state index contributed by atoms with van der Waals surface area (Å²) >= 11 is 1.27. The van der Waals surface area contributed by atoms with Crippen LogP contribution in [0.2, 0.25) is 0 Å². The zero-order chi connectivity index (χ0) is 20.6. The summed E-state index contributed by atoms with van der Waals surface area (Å²) in [6, 6.07) is 15.0. The van der Waals surface area contributed by atoms with Crippen molar-refractivity contribution in [1.29, 1.82) is 10.5 Å². The van der Waals surface area contributed by atoms with Gasteiger partial charge in [0.15, 0.2) is 0 Å². The number of pyridine rings is 2. The summed E-state index contributed by atoms with van der Waals surface area (Å²) in [5.41, 5.74) is 7.64. The second-order valence-corrected chi connectivity index (χ2v) is 6.87. The smallest absolute Gasteiger partial charge is 0.143 e. The molecule has 1 aromatic carbocycles. The summed E-state index contributed by atoms with van der Waals surface area (Å²) in [6.45, 7) is 0.908. The third-order valence-electron chi connectivity index (χ3n) is 3.96. The van der Waals surface area contributed by atoms with Crippen LogP contribution in [0.4, 0.5) is 5.82 Å². The van der Waals surface area contributed by atoms with Gasteiger partial charge in [-0.1, -0.05) is 23.9 Å². The monoisotopic (exact) mass is 403 g/mol. The highest BCUT2D eigenvalue weighted by atomic mass is 32.2. The number of nitrogens with zero attached hydrogens (tertiary/aromatic N) is 4. The lowest BCUT2D eigenvalue weighted by molar-refractivity contribution is 0.146. The molecule has 2 aromatic heterocycles. The zero-order valence-electron chi connectivity index (χ0n) is 15.6. The number of nitrogens with two attached hydrogens (primary N) is 1. The summed E-state index contributed by atoms with van der Waals surface area (Å²) in [4.78, 5) is 9.18. The quantitative estimate of drug-likeness (QED) is 0.594. The van der Waals surface area contributed by atoms with Gasteiger partial charge in [0.25, 0.3) is 0 Å². The first kappa shape index (κ1) is 20.2. The number of methoxy groups -OCH3 is 1. The van der Waals surface area contributed by atoms with E-state index >= 15 is 0 Å². The lowest BCUT2D eigenvalue weighted by atomic mass is 9.97. The van der Waals surface area contributed by atoms with E-state index in [1.54, 1.807) is 49.8 Å². The molecular formula is C21H17N5O2S. The predicted molar refractivity (Wildman–Crippen MR) is 109 cm³/mol. The minimum Gasteiger partial charge on any atom is -0.491 e. The van der Waals surface area contributed by atoms with Crippen LogP contribution in [0.1, 0.15) is 11.1 Å². The van der Waals surface area contributed by atoms with Crippen molar-refractivity contribution in [3.05, 3.63) is 59.9 Å². The molecule has 0 saturated heterocycles. The lowest BCUT2D eigenvalue weighted by Gasteiger charge is -2.13. The molecule has 8 heteroatoms. The van der Waals surface area contributed by atoms with Crippen LogP contribution < -0.4 is 10.5 Å². The van der Waals surface area contributed by atoms with Gasteiger partial charge in [-0.2, -0.15) is 10.5 Å². The van der Waals surface area contributed by atoms with Crippen LogP contribution in [0.15, 0.2) is 58.7 Å². The maximum absolute atomic E-state index is 9.84. The predicted octanol–water partition coefficient (Wildman–Crippen LogP) is 3.65. The average Bonchev–Trinajstić information content (AvgIpc) is 2.75. The highest BCUT2D eigenvalue weighted by molar-refractivity contribution is 7.99. The maximum Gasteiger partial charge on any atom is 0.143 e. The van der Waals surface area contributed by atoms with E-state index in [0.29, 0.717) is 35.1 Å². The van der Waals surface area contributed by atoms with Gasteiger partial charge < -0.3 is 15.2 Å². The average molecular weight is 403 g/mol. The van der Waals surface area contributed by atoms with Crippen molar-refractivity contribution in [2.24, 2.45) is 0 Å². The number of nitriles is 2. The van der Waals surface area contributed by atoms with Crippen molar-refractivity contribution >= 4 is 17.6 Å². The molecule has 0 aliphatic carbocycles. The summed E-state index contributed by atoms with van der Waals surface area (Å²) in [7, 11) is 1.61. The third kappa shape index (κ3) is 4.64. The van der Waals surface area contributed by atoms with E-state index in [2.05, 4.69) is 22.1 Å². The van der Waals surface area contributed by atoms with Gasteiger partial charge in [0.1, 0.15) is 40.9 Å². The first-order valence-corrected chi connectivity index (χ1v) is 9.43. The number of benzene rings is 1. The molecule has 29 heavy (non-hydrogen) atoms. The summed E-state index contributed by atoms with van der Waals surface area (Å²) in [6.07, 6.45) is 3.34. The molecule has 0 radical (unpaired) electrons. The highest BCUT2D eigenvalue weighted by Gasteiger charge is 2.21. The topological polar surface area (TPSA) is 118 Å². The Morgan fingerprint density at radius 3 is 2.45 bits per heavy atom. The molecule has 2 heterocycles. The number of rotatable bonds is 7. The van der Waals surface area contributed by atoms with Crippen LogP contribution in [0.5, 0.6) is 5.75 Å². The highest BCUT2D eigenvalue weighted by Crippen LogP contribution is 2.38. The summed E-state index contributed by atoms with van der Waals surface area (Å²) < 4.78 is 10.5. The van der Waals surface area contributed by atoms with Gasteiger partial charge in [-0.15, -0.1) is 0 Å². The van der Waals surface area contributed by atoms with Crippen LogP contribution in [0.3, 0.4) is 0 Å². The molecule has 0 aliphatic heterocycles. The van der Waals surface area contributed by atoms with Crippen molar-refractivity contribution in [2.75, 3.05) is 26.1 Å². The number of aromatic nitrogens is 2. The molecule has 0 amide bonds. The van der Waals surface area contributed by atoms with Crippen LogP contribution in [-0.4, -0.2) is 30.3 Å². The molecule has 0 spiro atoms. The van der Waals surface area contributed by atoms with Crippen molar-refractivity contribution in [1.82, 2.24) is 9.97 Å². The minimum atomic E-state index is 0.0771. The maximum atomic E-state index is 9.84. The fourth-order valence-electron chi connectivity index (χ4n) is 2.64. The number of ether oxygens (including phenoxy) is 2. The Morgan fingerprint density at radius 1 is 1.07 bits per heavy atom. The van der Waals surface area contributed by atoms with Crippen LogP contribution in [0.25, 0.3) is 11.1 Å². The normalized spacial score (nSPS) is 10.2. The van der Waals surface area contributed by atoms with E-state index < -0.39 is 0 Å². The van der Waals surface area contributed by atoms with E-state index in [4.69, 9.17) is 15.2 Å². The SMILES string of the molecule is COCCOc1ccc(-c2c(C#N)c(N)nc(Sc3cccnc3)c2C#N)cc1. The minimum absolute atomic E-state index is 0.0771. The van der Waals surface area contributed by atoms with Crippen LogP contribution >= 0.6 is 11.8 Å². The Kier molecular flexibility index (Phi) is 6.64. The van der Waals surface area contributed by atoms with Crippen molar-refractivity contribution in [2.45, 2.75) is 9.92 Å². The van der Waals surface area contributed by atoms with E-state index in [-0.39, 0.29) is 16.9 Å². The van der Waals surface area contributed by atoms with Gasteiger partial charge in [-0.3, -0.25) is 4.98 Å². The van der Waals surface area contributed by atoms with Gasteiger partial charge in [0.05, 0.1) is 12.2 Å². The molecule has 2 N–H and O–H groups in total. The van der Waals surface area contributed by atoms with Gasteiger partial charge in [-0.05, 0) is 29.8 Å². The molecule has 0 fully saturated rings. The Balaban J connectivity index is 2.05. The molecule has 0 aliphatic rings. The molecule has 0 unspecified atom stereocenters. The summed E-state index contributed by atoms with van der Waals surface area (Å²) in [5.74, 6) is 0.739. The second kappa shape index (κ2) is 9.56. The Labute approximate surface area is 172 Å². The van der Waals surface area contributed by atoms with Gasteiger partial charge in [-0.25, -0.2) is 4.98 Å². The molecule has 144 valence electrons. The zero-order valence-corrected chi connectivity index (χ0v) is 16.4. The van der Waals surface area contributed by atoms with E-state index in [1.807, 2.05) is 6.07 Å². The second-order valence-electron chi connectivity index (χ2n) is 5.81. The Hall–Kier alpha value is -3.59. The van der Waals surface area contributed by atoms with Crippen LogP contribution in [-0.2, 0) is 4.74 Å². The standard InChI is InChI=1S/C21H17N5O2S/c1-27-9-10-28-15-6-4-14(5-7-15)19-17(11-22)20(24)26-21(18(19)12-23)29-16-3-2-8-25-13-16/h2-8,13H,9-10H2,1H3,(H2,24,26). The van der Waals surface area contributed by atoms with Gasteiger partial charge >= 0.3 is 0 Å². The van der Waals surface area contributed by atoms with Crippen LogP contribution in [0, 0.1) is 22.7 Å². The molecule has 0 saturated carbocycles. The number of hydrogen-bond acceptors (Lipinski definition) is 8. The van der Waals surface area contributed by atoms with Gasteiger partial charge in [0, 0.05) is 30.0 Å². The van der Waals surface area contributed by atoms with E-state index in [0.717, 1.165) is 4.90 Å². The fraction of sp³-hybridized carbons (Fsp3) is 0.143. The number of anilines is 1. The first-order chi connectivity index (χ1) is 14.2. The number of hydrogen-bond donors (Lipinski definition) is 1. The molecule has 0 atom stereocenters. The van der Waals surface area contributed by atoms with Crippen molar-refractivity contribution in [3.8, 4) is 29.0 Å². The largest absolute Gasteiger partial charge is 0.491 e. The Bertz CT molecular complexity index is 1070. The van der Waals surface area contributed by atoms with Crippen molar-refractivity contribution in [3.63, 3.8) is 0 Å². The molecule has 3 rings (SSSR count). The van der Waals surface area contributed by atoms with Gasteiger partial charge in [0.2, 0.25) is 0 Å². The molecule has 3 aromatic rings. The third-order valence-corrected chi connectivity index (χ3v) is 4.93. The van der Waals surface area contributed by atoms with E-state index in [9.17, 15) is 10.5 Å².